The summed E-state index contributed by atoms with van der Waals surface area (Å²) in [6.07, 6.45) is 2.25. The van der Waals surface area contributed by atoms with Crippen molar-refractivity contribution in [1.82, 2.24) is 15.1 Å². The highest BCUT2D eigenvalue weighted by atomic mass is 127. The molecule has 1 aliphatic heterocycles. The number of halogens is 1. The van der Waals surface area contributed by atoms with Gasteiger partial charge in [-0.25, -0.2) is 0 Å². The SMILES string of the molecule is CN1CCCN(CCN=C(N)NCCc2cccs2)CC1.I. The van der Waals surface area contributed by atoms with Crippen molar-refractivity contribution in [3.8, 4) is 0 Å². The molecule has 0 spiro atoms. The Morgan fingerprint density at radius 2 is 2.23 bits per heavy atom. The van der Waals surface area contributed by atoms with Crippen LogP contribution in [0, 0.1) is 0 Å². The third-order valence-electron chi connectivity index (χ3n) is 3.77. The molecular formula is C15H28IN5S. The molecule has 7 heteroatoms. The fourth-order valence-corrected chi connectivity index (χ4v) is 3.17. The molecule has 0 atom stereocenters. The van der Waals surface area contributed by atoms with Crippen molar-refractivity contribution < 1.29 is 0 Å². The average molecular weight is 437 g/mol. The number of nitrogens with one attached hydrogen (secondary N) is 1. The van der Waals surface area contributed by atoms with E-state index in [1.165, 1.54) is 24.4 Å². The molecule has 0 aliphatic carbocycles. The summed E-state index contributed by atoms with van der Waals surface area (Å²) in [6.45, 7) is 7.29. The van der Waals surface area contributed by atoms with E-state index >= 15 is 0 Å². The van der Waals surface area contributed by atoms with Gasteiger partial charge < -0.3 is 20.9 Å². The maximum absolute atomic E-state index is 5.90. The number of hydrogen-bond donors (Lipinski definition) is 2. The van der Waals surface area contributed by atoms with Crippen LogP contribution in [0.1, 0.15) is 11.3 Å². The Kier molecular flexibility index (Phi) is 10.0. The van der Waals surface area contributed by atoms with Gasteiger partial charge >= 0.3 is 0 Å². The summed E-state index contributed by atoms with van der Waals surface area (Å²) < 4.78 is 0. The summed E-state index contributed by atoms with van der Waals surface area (Å²) in [5.41, 5.74) is 5.90. The third-order valence-corrected chi connectivity index (χ3v) is 4.70. The van der Waals surface area contributed by atoms with Crippen LogP contribution in [0.25, 0.3) is 0 Å². The van der Waals surface area contributed by atoms with E-state index < -0.39 is 0 Å². The Morgan fingerprint density at radius 1 is 1.36 bits per heavy atom. The third kappa shape index (κ3) is 7.75. The van der Waals surface area contributed by atoms with E-state index in [0.717, 1.165) is 39.1 Å². The second kappa shape index (κ2) is 11.2. The van der Waals surface area contributed by atoms with E-state index in [4.69, 9.17) is 5.73 Å². The molecule has 0 aromatic carbocycles. The Balaban J connectivity index is 0.00000242. The van der Waals surface area contributed by atoms with Crippen molar-refractivity contribution in [2.45, 2.75) is 12.8 Å². The van der Waals surface area contributed by atoms with E-state index in [-0.39, 0.29) is 24.0 Å². The van der Waals surface area contributed by atoms with Crippen molar-refractivity contribution in [3.05, 3.63) is 22.4 Å². The Morgan fingerprint density at radius 3 is 3.00 bits per heavy atom. The second-order valence-corrected chi connectivity index (χ2v) is 6.55. The fourth-order valence-electron chi connectivity index (χ4n) is 2.46. The number of guanidine groups is 1. The van der Waals surface area contributed by atoms with E-state index in [2.05, 4.69) is 44.7 Å². The van der Waals surface area contributed by atoms with Crippen LogP contribution < -0.4 is 11.1 Å². The van der Waals surface area contributed by atoms with Crippen LogP contribution in [0.3, 0.4) is 0 Å². The molecule has 3 N–H and O–H groups in total. The lowest BCUT2D eigenvalue weighted by Gasteiger charge is -2.18. The predicted octanol–water partition coefficient (Wildman–Crippen LogP) is 1.45. The van der Waals surface area contributed by atoms with Crippen molar-refractivity contribution in [2.75, 3.05) is 52.9 Å². The van der Waals surface area contributed by atoms with Crippen LogP contribution in [0.15, 0.2) is 22.5 Å². The summed E-state index contributed by atoms with van der Waals surface area (Å²) in [4.78, 5) is 10.7. The standard InChI is InChI=1S/C15H27N5S.HI/c1-19-8-3-9-20(12-11-19)10-7-18-15(16)17-6-5-14-4-2-13-21-14;/h2,4,13H,3,5-12H2,1H3,(H3,16,17,18);1H. The van der Waals surface area contributed by atoms with Gasteiger partial charge in [0.05, 0.1) is 6.54 Å². The van der Waals surface area contributed by atoms with Gasteiger partial charge in [0.25, 0.3) is 0 Å². The molecule has 22 heavy (non-hydrogen) atoms. The molecular weight excluding hydrogens is 409 g/mol. The lowest BCUT2D eigenvalue weighted by Crippen LogP contribution is -2.35. The summed E-state index contributed by atoms with van der Waals surface area (Å²) in [7, 11) is 2.19. The number of aliphatic imine (C=N–C) groups is 1. The van der Waals surface area contributed by atoms with E-state index in [1.54, 1.807) is 11.3 Å². The number of thiophene rings is 1. The molecule has 5 nitrogen and oxygen atoms in total. The zero-order valence-corrected chi connectivity index (χ0v) is 16.5. The van der Waals surface area contributed by atoms with Gasteiger partial charge in [-0.2, -0.15) is 0 Å². The molecule has 1 saturated heterocycles. The molecule has 2 heterocycles. The first kappa shape index (κ1) is 19.7. The highest BCUT2D eigenvalue weighted by Crippen LogP contribution is 2.07. The lowest BCUT2D eigenvalue weighted by atomic mass is 10.3. The number of likely N-dealkylation sites (N-methyl/N-ethyl adjacent to an activating group) is 1. The first-order valence-corrected chi connectivity index (χ1v) is 8.59. The van der Waals surface area contributed by atoms with Gasteiger partial charge in [0.1, 0.15) is 0 Å². The van der Waals surface area contributed by atoms with Crippen molar-refractivity contribution >= 4 is 41.3 Å². The Hall–Kier alpha value is -0.380. The van der Waals surface area contributed by atoms with Gasteiger partial charge in [-0.3, -0.25) is 4.99 Å². The molecule has 0 saturated carbocycles. The van der Waals surface area contributed by atoms with Crippen LogP contribution in [0.5, 0.6) is 0 Å². The molecule has 1 fully saturated rings. The minimum Gasteiger partial charge on any atom is -0.370 e. The average Bonchev–Trinajstić information content (AvgIpc) is 2.89. The molecule has 0 unspecified atom stereocenters. The van der Waals surface area contributed by atoms with Crippen LogP contribution in [-0.4, -0.2) is 68.6 Å². The van der Waals surface area contributed by atoms with Crippen molar-refractivity contribution in [3.63, 3.8) is 0 Å². The van der Waals surface area contributed by atoms with Gasteiger partial charge in [-0.1, -0.05) is 6.07 Å². The first-order chi connectivity index (χ1) is 10.2. The van der Waals surface area contributed by atoms with Crippen molar-refractivity contribution in [2.24, 2.45) is 10.7 Å². The molecule has 0 radical (unpaired) electrons. The number of nitrogens with two attached hydrogens (primary N) is 1. The largest absolute Gasteiger partial charge is 0.370 e. The molecule has 0 bridgehead atoms. The number of nitrogens with zero attached hydrogens (tertiary/aromatic N) is 3. The molecule has 1 aromatic rings. The van der Waals surface area contributed by atoms with E-state index in [0.29, 0.717) is 5.96 Å². The number of hydrogen-bond acceptors (Lipinski definition) is 4. The van der Waals surface area contributed by atoms with Crippen molar-refractivity contribution in [1.29, 1.82) is 0 Å². The van der Waals surface area contributed by atoms with Crippen LogP contribution in [0.4, 0.5) is 0 Å². The molecule has 0 amide bonds. The summed E-state index contributed by atoms with van der Waals surface area (Å²) >= 11 is 1.78. The molecule has 126 valence electrons. The van der Waals surface area contributed by atoms with Gasteiger partial charge in [0.15, 0.2) is 5.96 Å². The molecule has 1 aromatic heterocycles. The first-order valence-electron chi connectivity index (χ1n) is 7.71. The normalized spacial score (nSPS) is 17.8. The zero-order valence-electron chi connectivity index (χ0n) is 13.3. The highest BCUT2D eigenvalue weighted by molar-refractivity contribution is 14.0. The van der Waals surface area contributed by atoms with Crippen LogP contribution >= 0.6 is 35.3 Å². The highest BCUT2D eigenvalue weighted by Gasteiger charge is 2.10. The maximum Gasteiger partial charge on any atom is 0.188 e. The van der Waals surface area contributed by atoms with Gasteiger partial charge in [0, 0.05) is 31.1 Å². The minimum atomic E-state index is 0. The fraction of sp³-hybridized carbons (Fsp3) is 0.667. The van der Waals surface area contributed by atoms with E-state index in [9.17, 15) is 0 Å². The zero-order chi connectivity index (χ0) is 14.9. The van der Waals surface area contributed by atoms with Crippen LogP contribution in [0.2, 0.25) is 0 Å². The smallest absolute Gasteiger partial charge is 0.188 e. The molecule has 2 rings (SSSR count). The Bertz CT molecular complexity index is 424. The van der Waals surface area contributed by atoms with Gasteiger partial charge in [-0.15, -0.1) is 35.3 Å². The lowest BCUT2D eigenvalue weighted by molar-refractivity contribution is 0.283. The summed E-state index contributed by atoms with van der Waals surface area (Å²) in [6, 6.07) is 4.23. The summed E-state index contributed by atoms with van der Waals surface area (Å²) in [5, 5.41) is 5.29. The Labute approximate surface area is 155 Å². The topological polar surface area (TPSA) is 56.9 Å². The van der Waals surface area contributed by atoms with Crippen LogP contribution in [-0.2, 0) is 6.42 Å². The number of rotatable bonds is 6. The van der Waals surface area contributed by atoms with Gasteiger partial charge in [-0.05, 0) is 44.4 Å². The monoisotopic (exact) mass is 437 g/mol. The summed E-state index contributed by atoms with van der Waals surface area (Å²) in [5.74, 6) is 0.568. The quantitative estimate of drug-likeness (QED) is 0.402. The van der Waals surface area contributed by atoms with E-state index in [1.807, 2.05) is 0 Å². The maximum atomic E-state index is 5.90. The second-order valence-electron chi connectivity index (χ2n) is 5.52. The van der Waals surface area contributed by atoms with Gasteiger partial charge in [0.2, 0.25) is 0 Å². The minimum absolute atomic E-state index is 0. The predicted molar refractivity (Wildman–Crippen MR) is 106 cm³/mol. The molecule has 1 aliphatic rings.